The topological polar surface area (TPSA) is 89.1 Å². The normalized spacial score (nSPS) is 16.0. The molecule has 0 saturated carbocycles. The van der Waals surface area contributed by atoms with Gasteiger partial charge in [0, 0.05) is 47.0 Å². The summed E-state index contributed by atoms with van der Waals surface area (Å²) in [7, 11) is 1.56. The highest BCUT2D eigenvalue weighted by Gasteiger charge is 2.40. The summed E-state index contributed by atoms with van der Waals surface area (Å²) in [6, 6.07) is 27.3. The fourth-order valence-corrected chi connectivity index (χ4v) is 6.24. The molecule has 274 valence electrons. The first-order chi connectivity index (χ1) is 25.0. The van der Waals surface area contributed by atoms with E-state index in [-0.39, 0.29) is 24.3 Å². The van der Waals surface area contributed by atoms with Crippen LogP contribution in [0.25, 0.3) is 6.08 Å². The Kier molecular flexibility index (Phi) is 13.5. The van der Waals surface area contributed by atoms with Crippen molar-refractivity contribution in [1.29, 1.82) is 0 Å². The number of fused-ring (bicyclic) bond motifs is 1. The molecule has 10 heteroatoms. The van der Waals surface area contributed by atoms with Crippen molar-refractivity contribution in [2.45, 2.75) is 52.4 Å². The Morgan fingerprint density at radius 3 is 2.52 bits per heavy atom. The number of carbonyl (C=O) groups excluding carboxylic acids is 2. The Balaban J connectivity index is 1.36. The molecule has 0 bridgehead atoms. The molecule has 0 spiro atoms. The van der Waals surface area contributed by atoms with Crippen LogP contribution < -0.4 is 25.0 Å². The third-order valence-electron chi connectivity index (χ3n) is 8.47. The second-order valence-corrected chi connectivity index (χ2v) is 14.3. The highest BCUT2D eigenvalue weighted by atomic mass is 35.5. The maximum atomic E-state index is 14.3. The summed E-state index contributed by atoms with van der Waals surface area (Å²) >= 11 is 6.58. The molecule has 8 nitrogen and oxygen atoms in total. The van der Waals surface area contributed by atoms with Gasteiger partial charge in [-0.05, 0) is 54.3 Å². The Morgan fingerprint density at radius 1 is 1.00 bits per heavy atom. The van der Waals surface area contributed by atoms with Crippen molar-refractivity contribution in [3.05, 3.63) is 130 Å². The first-order valence-electron chi connectivity index (χ1n) is 17.5. The molecule has 1 heterocycles. The Morgan fingerprint density at radius 2 is 1.77 bits per heavy atom. The number of hydrogen-bond acceptors (Lipinski definition) is 6. The van der Waals surface area contributed by atoms with Crippen LogP contribution in [0.5, 0.6) is 11.5 Å². The Hall–Kier alpha value is -4.70. The molecular formula is C42H47ClFN3O5. The average molecular weight is 728 g/mol. The van der Waals surface area contributed by atoms with Gasteiger partial charge in [-0.1, -0.05) is 105 Å². The lowest BCUT2D eigenvalue weighted by molar-refractivity contribution is -0.138. The number of para-hydroxylation sites is 1. The lowest BCUT2D eigenvalue weighted by Gasteiger charge is -2.31. The van der Waals surface area contributed by atoms with Crippen LogP contribution in [0.2, 0.25) is 5.02 Å². The molecule has 5 rings (SSSR count). The van der Waals surface area contributed by atoms with E-state index in [0.29, 0.717) is 52.1 Å². The number of nitrogens with one attached hydrogen (secondary N) is 2. The lowest BCUT2D eigenvalue weighted by Crippen LogP contribution is -2.45. The molecule has 0 unspecified atom stereocenters. The third kappa shape index (κ3) is 10.4. The largest absolute Gasteiger partial charge is 0.492 e. The Labute approximate surface area is 310 Å². The van der Waals surface area contributed by atoms with E-state index in [1.807, 2.05) is 63.2 Å². The molecule has 0 radical (unpaired) electrons. The molecule has 1 aliphatic heterocycles. The molecule has 0 aliphatic carbocycles. The van der Waals surface area contributed by atoms with Crippen molar-refractivity contribution in [2.24, 2.45) is 5.41 Å². The minimum Gasteiger partial charge on any atom is -0.492 e. The number of nitrogens with zero attached hydrogens (tertiary/aromatic N) is 1. The minimum absolute atomic E-state index is 0.0233. The summed E-state index contributed by atoms with van der Waals surface area (Å²) in [5, 5.41) is 6.63. The quantitative estimate of drug-likeness (QED) is 0.120. The molecule has 0 aromatic heterocycles. The van der Waals surface area contributed by atoms with Gasteiger partial charge in [-0.15, -0.1) is 0 Å². The van der Waals surface area contributed by atoms with E-state index in [1.54, 1.807) is 42.3 Å². The highest BCUT2D eigenvalue weighted by molar-refractivity contribution is 6.30. The number of ether oxygens (including phenoxy) is 3. The lowest BCUT2D eigenvalue weighted by atomic mass is 9.94. The molecule has 0 saturated heterocycles. The van der Waals surface area contributed by atoms with Crippen LogP contribution in [0, 0.1) is 11.2 Å². The minimum atomic E-state index is -1.17. The zero-order valence-corrected chi connectivity index (χ0v) is 30.9. The summed E-state index contributed by atoms with van der Waals surface area (Å²) in [5.41, 5.74) is 3.11. The summed E-state index contributed by atoms with van der Waals surface area (Å²) in [5.74, 6) is -0.253. The monoisotopic (exact) mass is 727 g/mol. The number of hydrogen-bond donors (Lipinski definition) is 2. The third-order valence-corrected chi connectivity index (χ3v) is 8.70. The van der Waals surface area contributed by atoms with E-state index < -0.39 is 23.9 Å². The number of anilines is 1. The van der Waals surface area contributed by atoms with E-state index >= 15 is 0 Å². The number of amides is 2. The maximum Gasteiger partial charge on any atom is 0.256 e. The molecule has 2 atom stereocenters. The maximum absolute atomic E-state index is 14.3. The van der Waals surface area contributed by atoms with Gasteiger partial charge in [-0.25, -0.2) is 4.39 Å². The van der Waals surface area contributed by atoms with Crippen LogP contribution in [0.4, 0.5) is 10.1 Å². The summed E-state index contributed by atoms with van der Waals surface area (Å²) in [6.07, 6.45) is 2.63. The van der Waals surface area contributed by atoms with Crippen LogP contribution in [0.15, 0.2) is 97.1 Å². The van der Waals surface area contributed by atoms with Crippen LogP contribution in [0.1, 0.15) is 62.0 Å². The average Bonchev–Trinajstić information content (AvgIpc) is 3.22. The van der Waals surface area contributed by atoms with Gasteiger partial charge in [0.2, 0.25) is 5.91 Å². The predicted octanol–water partition coefficient (Wildman–Crippen LogP) is 8.13. The van der Waals surface area contributed by atoms with Gasteiger partial charge in [0.05, 0.1) is 20.1 Å². The van der Waals surface area contributed by atoms with Crippen molar-refractivity contribution in [3.8, 4) is 11.5 Å². The highest BCUT2D eigenvalue weighted by Crippen LogP contribution is 2.45. The zero-order valence-electron chi connectivity index (χ0n) is 30.2. The van der Waals surface area contributed by atoms with Gasteiger partial charge in [-0.3, -0.25) is 9.59 Å². The predicted molar refractivity (Wildman–Crippen MR) is 204 cm³/mol. The van der Waals surface area contributed by atoms with Crippen molar-refractivity contribution in [1.82, 2.24) is 10.6 Å². The standard InChI is InChI=1S/C42H47ClFN3O5/c1-42(2,3)28-47-35-21-20-31(43)25-33(35)39(52-37(41(47)49)26-38(48)46-27-30-16-8-9-18-34(30)44)32-17-10-19-36(40(32)50-4)51-24-12-23-45-22-11-15-29-13-6-5-7-14-29/h5-11,13-21,25,37,39,45H,12,22-24,26-28H2,1-4H3,(H,46,48)/b15-11+/t37-,39-/m1/s1. The first-order valence-corrected chi connectivity index (χ1v) is 17.9. The second-order valence-electron chi connectivity index (χ2n) is 13.9. The molecular weight excluding hydrogens is 681 g/mol. The summed E-state index contributed by atoms with van der Waals surface area (Å²) < 4.78 is 33.1. The van der Waals surface area contributed by atoms with E-state index in [2.05, 4.69) is 34.9 Å². The van der Waals surface area contributed by atoms with E-state index in [4.69, 9.17) is 25.8 Å². The van der Waals surface area contributed by atoms with E-state index in [0.717, 1.165) is 25.1 Å². The zero-order chi connectivity index (χ0) is 37.1. The van der Waals surface area contributed by atoms with Crippen molar-refractivity contribution >= 4 is 35.2 Å². The van der Waals surface area contributed by atoms with Gasteiger partial charge >= 0.3 is 0 Å². The van der Waals surface area contributed by atoms with E-state index in [9.17, 15) is 14.0 Å². The summed E-state index contributed by atoms with van der Waals surface area (Å²) in [4.78, 5) is 29.3. The number of methoxy groups -OCH3 is 1. The van der Waals surface area contributed by atoms with Crippen molar-refractivity contribution < 1.29 is 28.2 Å². The number of carbonyl (C=O) groups is 2. The molecule has 4 aromatic carbocycles. The second kappa shape index (κ2) is 18.2. The number of halogens is 2. The van der Waals surface area contributed by atoms with Crippen LogP contribution in [-0.4, -0.2) is 51.3 Å². The van der Waals surface area contributed by atoms with Gasteiger partial charge in [0.15, 0.2) is 11.5 Å². The van der Waals surface area contributed by atoms with E-state index in [1.165, 1.54) is 6.07 Å². The van der Waals surface area contributed by atoms with Gasteiger partial charge in [-0.2, -0.15) is 0 Å². The molecule has 2 amide bonds. The number of benzene rings is 4. The van der Waals surface area contributed by atoms with Crippen LogP contribution in [-0.2, 0) is 20.9 Å². The molecule has 1 aliphatic rings. The molecule has 2 N–H and O–H groups in total. The number of rotatable bonds is 15. The fourth-order valence-electron chi connectivity index (χ4n) is 6.05. The van der Waals surface area contributed by atoms with Crippen molar-refractivity contribution in [3.63, 3.8) is 0 Å². The van der Waals surface area contributed by atoms with Crippen LogP contribution in [0.3, 0.4) is 0 Å². The smallest absolute Gasteiger partial charge is 0.256 e. The SMILES string of the molecule is COc1c(OCCCNC/C=C/c2ccccc2)cccc1[C@H]1O[C@H](CC(=O)NCc2ccccc2F)C(=O)N(CC(C)(C)C)c2ccc(Cl)cc21. The van der Waals surface area contributed by atoms with Gasteiger partial charge in [0.25, 0.3) is 5.91 Å². The van der Waals surface area contributed by atoms with Gasteiger partial charge in [0.1, 0.15) is 18.0 Å². The van der Waals surface area contributed by atoms with Crippen molar-refractivity contribution in [2.75, 3.05) is 38.3 Å². The fraction of sp³-hybridized carbons (Fsp3) is 0.333. The van der Waals surface area contributed by atoms with Gasteiger partial charge < -0.3 is 29.7 Å². The van der Waals surface area contributed by atoms with Crippen LogP contribution >= 0.6 is 11.6 Å². The molecule has 4 aromatic rings. The first kappa shape index (κ1) is 38.5. The molecule has 52 heavy (non-hydrogen) atoms. The molecule has 0 fully saturated rings. The summed E-state index contributed by atoms with van der Waals surface area (Å²) in [6.45, 7) is 8.38. The Bertz CT molecular complexity index is 1850.